The number of ether oxygens (including phenoxy) is 2. The lowest BCUT2D eigenvalue weighted by molar-refractivity contribution is 0.254. The average Bonchev–Trinajstić information content (AvgIpc) is 2.29. The van der Waals surface area contributed by atoms with E-state index in [-0.39, 0.29) is 6.10 Å². The monoisotopic (exact) mass is 204 g/mol. The van der Waals surface area contributed by atoms with Crippen LogP contribution in [0.4, 0.5) is 0 Å². The lowest BCUT2D eigenvalue weighted by Gasteiger charge is -2.16. The van der Waals surface area contributed by atoms with E-state index in [0.717, 1.165) is 5.56 Å². The Morgan fingerprint density at radius 1 is 1.33 bits per heavy atom. The number of rotatable bonds is 5. The Labute approximate surface area is 90.8 Å². The summed E-state index contributed by atoms with van der Waals surface area (Å²) in [4.78, 5) is 0. The molecule has 1 rings (SSSR count). The predicted octanol–water partition coefficient (Wildman–Crippen LogP) is 3.29. The summed E-state index contributed by atoms with van der Waals surface area (Å²) in [6.07, 6.45) is 3.42. The molecular formula is C13H16O2. The summed E-state index contributed by atoms with van der Waals surface area (Å²) in [5.74, 6) is 1.42. The van der Waals surface area contributed by atoms with Crippen molar-refractivity contribution in [3.63, 3.8) is 0 Å². The Balaban J connectivity index is 3.10. The van der Waals surface area contributed by atoms with Gasteiger partial charge in [0.2, 0.25) is 0 Å². The highest BCUT2D eigenvalue weighted by molar-refractivity contribution is 5.61. The van der Waals surface area contributed by atoms with E-state index in [9.17, 15) is 0 Å². The van der Waals surface area contributed by atoms with E-state index in [1.54, 1.807) is 19.3 Å². The molecule has 0 amide bonds. The van der Waals surface area contributed by atoms with Crippen LogP contribution in [0.25, 0.3) is 6.08 Å². The molecule has 0 saturated heterocycles. The molecule has 15 heavy (non-hydrogen) atoms. The fourth-order valence-corrected chi connectivity index (χ4v) is 1.21. The number of benzene rings is 1. The van der Waals surface area contributed by atoms with Crippen molar-refractivity contribution < 1.29 is 9.47 Å². The molecule has 80 valence electrons. The lowest BCUT2D eigenvalue weighted by Crippen LogP contribution is -2.09. The highest BCUT2D eigenvalue weighted by atomic mass is 16.5. The first-order valence-corrected chi connectivity index (χ1v) is 4.81. The second-order valence-corrected chi connectivity index (χ2v) is 3.14. The van der Waals surface area contributed by atoms with E-state index >= 15 is 0 Å². The number of hydrogen-bond donors (Lipinski definition) is 0. The third kappa shape index (κ3) is 2.62. The number of hydrogen-bond acceptors (Lipinski definition) is 2. The van der Waals surface area contributed by atoms with Crippen LogP contribution >= 0.6 is 0 Å². The molecule has 1 aromatic carbocycles. The van der Waals surface area contributed by atoms with Crippen molar-refractivity contribution in [3.05, 3.63) is 43.0 Å². The molecule has 0 aromatic heterocycles. The Bertz CT molecular complexity index is 356. The van der Waals surface area contributed by atoms with Crippen molar-refractivity contribution in [1.29, 1.82) is 0 Å². The first kappa shape index (κ1) is 11.4. The molecule has 0 radical (unpaired) electrons. The molecule has 1 aromatic rings. The van der Waals surface area contributed by atoms with Crippen LogP contribution in [0, 0.1) is 0 Å². The van der Waals surface area contributed by atoms with Crippen LogP contribution in [0.5, 0.6) is 11.5 Å². The lowest BCUT2D eigenvalue weighted by atomic mass is 10.2. The molecule has 2 nitrogen and oxygen atoms in total. The molecule has 0 bridgehead atoms. The minimum absolute atomic E-state index is 0.0556. The van der Waals surface area contributed by atoms with Gasteiger partial charge in [-0.3, -0.25) is 0 Å². The van der Waals surface area contributed by atoms with Crippen LogP contribution in [-0.2, 0) is 0 Å². The van der Waals surface area contributed by atoms with Crippen molar-refractivity contribution in [2.45, 2.75) is 13.0 Å². The predicted molar refractivity (Wildman–Crippen MR) is 63.4 cm³/mol. The second kappa shape index (κ2) is 5.25. The normalized spacial score (nSPS) is 11.6. The Hall–Kier alpha value is -1.70. The van der Waals surface area contributed by atoms with Gasteiger partial charge in [-0.15, -0.1) is 0 Å². The summed E-state index contributed by atoms with van der Waals surface area (Å²) in [5, 5.41) is 0. The third-order valence-corrected chi connectivity index (χ3v) is 2.08. The van der Waals surface area contributed by atoms with Gasteiger partial charge in [0.05, 0.1) is 7.11 Å². The molecule has 0 spiro atoms. The fourth-order valence-electron chi connectivity index (χ4n) is 1.21. The maximum absolute atomic E-state index is 5.69. The van der Waals surface area contributed by atoms with Crippen LogP contribution in [-0.4, -0.2) is 13.2 Å². The molecular weight excluding hydrogens is 188 g/mol. The summed E-state index contributed by atoms with van der Waals surface area (Å²) in [6, 6.07) is 5.69. The molecule has 0 fully saturated rings. The second-order valence-electron chi connectivity index (χ2n) is 3.14. The van der Waals surface area contributed by atoms with Gasteiger partial charge in [0.25, 0.3) is 0 Å². The van der Waals surface area contributed by atoms with E-state index in [1.165, 1.54) is 0 Å². The first-order valence-electron chi connectivity index (χ1n) is 4.81. The zero-order chi connectivity index (χ0) is 11.3. The van der Waals surface area contributed by atoms with Gasteiger partial charge >= 0.3 is 0 Å². The number of methoxy groups -OCH3 is 1. The topological polar surface area (TPSA) is 18.5 Å². The van der Waals surface area contributed by atoms with Crippen LogP contribution in [0.2, 0.25) is 0 Å². The molecule has 1 atom stereocenters. The fraction of sp³-hybridized carbons (Fsp3) is 0.231. The summed E-state index contributed by atoms with van der Waals surface area (Å²) >= 11 is 0. The van der Waals surface area contributed by atoms with Crippen LogP contribution in [0.1, 0.15) is 12.5 Å². The van der Waals surface area contributed by atoms with Gasteiger partial charge in [-0.25, -0.2) is 0 Å². The molecule has 0 unspecified atom stereocenters. The van der Waals surface area contributed by atoms with Crippen LogP contribution in [0.3, 0.4) is 0 Å². The molecule has 0 heterocycles. The summed E-state index contributed by atoms with van der Waals surface area (Å²) < 4.78 is 10.9. The highest BCUT2D eigenvalue weighted by Gasteiger charge is 2.10. The van der Waals surface area contributed by atoms with Crippen molar-refractivity contribution in [2.75, 3.05) is 7.11 Å². The van der Waals surface area contributed by atoms with Crippen molar-refractivity contribution >= 4 is 6.08 Å². The van der Waals surface area contributed by atoms with Gasteiger partial charge in [-0.05, 0) is 13.0 Å². The van der Waals surface area contributed by atoms with E-state index in [4.69, 9.17) is 9.47 Å². The van der Waals surface area contributed by atoms with Gasteiger partial charge in [0.1, 0.15) is 6.10 Å². The van der Waals surface area contributed by atoms with E-state index < -0.39 is 0 Å². The Kier molecular flexibility index (Phi) is 3.98. The number of para-hydroxylation sites is 1. The molecule has 0 N–H and O–H groups in total. The average molecular weight is 204 g/mol. The smallest absolute Gasteiger partial charge is 0.169 e. The van der Waals surface area contributed by atoms with Crippen LogP contribution < -0.4 is 9.47 Å². The van der Waals surface area contributed by atoms with E-state index in [1.807, 2.05) is 25.1 Å². The highest BCUT2D eigenvalue weighted by Crippen LogP contribution is 2.32. The van der Waals surface area contributed by atoms with Crippen molar-refractivity contribution in [3.8, 4) is 11.5 Å². The molecule has 0 aliphatic rings. The Morgan fingerprint density at radius 2 is 2.07 bits per heavy atom. The first-order chi connectivity index (χ1) is 7.22. The molecule has 0 aliphatic heterocycles. The maximum atomic E-state index is 5.69. The molecule has 2 heteroatoms. The van der Waals surface area contributed by atoms with Gasteiger partial charge < -0.3 is 9.47 Å². The molecule has 0 saturated carbocycles. The van der Waals surface area contributed by atoms with E-state index in [2.05, 4.69) is 13.2 Å². The van der Waals surface area contributed by atoms with Gasteiger partial charge in [0.15, 0.2) is 11.5 Å². The zero-order valence-electron chi connectivity index (χ0n) is 9.19. The van der Waals surface area contributed by atoms with Crippen LogP contribution in [0.15, 0.2) is 37.4 Å². The SMILES string of the molecule is C=Cc1cccc(OC)c1O[C@H](C)C=C. The Morgan fingerprint density at radius 3 is 2.60 bits per heavy atom. The minimum atomic E-state index is -0.0556. The minimum Gasteiger partial charge on any atom is -0.493 e. The summed E-state index contributed by atoms with van der Waals surface area (Å²) in [6.45, 7) is 9.34. The largest absolute Gasteiger partial charge is 0.493 e. The van der Waals surface area contributed by atoms with E-state index in [0.29, 0.717) is 11.5 Å². The van der Waals surface area contributed by atoms with Gasteiger partial charge in [-0.2, -0.15) is 0 Å². The maximum Gasteiger partial charge on any atom is 0.169 e. The quantitative estimate of drug-likeness (QED) is 0.685. The standard InChI is InChI=1S/C13H16O2/c1-5-10(3)15-13-11(6-2)8-7-9-12(13)14-4/h5-10H,1-2H2,3-4H3/t10-/m1/s1. The van der Waals surface area contributed by atoms with Crippen molar-refractivity contribution in [1.82, 2.24) is 0 Å². The molecule has 0 aliphatic carbocycles. The van der Waals surface area contributed by atoms with Crippen molar-refractivity contribution in [2.24, 2.45) is 0 Å². The summed E-state index contributed by atoms with van der Waals surface area (Å²) in [5.41, 5.74) is 0.919. The summed E-state index contributed by atoms with van der Waals surface area (Å²) in [7, 11) is 1.62. The van der Waals surface area contributed by atoms with Gasteiger partial charge in [0, 0.05) is 5.56 Å². The third-order valence-electron chi connectivity index (χ3n) is 2.08. The zero-order valence-corrected chi connectivity index (χ0v) is 9.19. The van der Waals surface area contributed by atoms with Gasteiger partial charge in [-0.1, -0.05) is 37.4 Å².